The maximum Gasteiger partial charge on any atom is 0.0902 e. The molecule has 1 fully saturated rings. The second-order valence-corrected chi connectivity index (χ2v) is 5.27. The van der Waals surface area contributed by atoms with Crippen molar-refractivity contribution in [3.63, 3.8) is 0 Å². The fourth-order valence-electron chi connectivity index (χ4n) is 2.52. The molecule has 88 valence electrons. The van der Waals surface area contributed by atoms with Gasteiger partial charge < -0.3 is 5.73 Å². The average Bonchev–Trinajstić information content (AvgIpc) is 2.18. The Bertz CT molecular complexity index is 206. The summed E-state index contributed by atoms with van der Waals surface area (Å²) in [4.78, 5) is 3.19. The molecule has 0 bridgehead atoms. The summed E-state index contributed by atoms with van der Waals surface area (Å²) in [6.45, 7) is 6.92. The first-order chi connectivity index (χ1) is 7.15. The van der Waals surface area contributed by atoms with Crippen LogP contribution in [0.15, 0.2) is 0 Å². The predicted molar refractivity (Wildman–Crippen MR) is 70.1 cm³/mol. The molecular weight excluding hydrogens is 204 g/mol. The lowest BCUT2D eigenvalue weighted by Gasteiger charge is -2.36. The van der Waals surface area contributed by atoms with Crippen LogP contribution in [0.1, 0.15) is 46.0 Å². The van der Waals surface area contributed by atoms with E-state index in [1.807, 2.05) is 0 Å². The molecule has 2 nitrogen and oxygen atoms in total. The van der Waals surface area contributed by atoms with Gasteiger partial charge in [0.1, 0.15) is 0 Å². The minimum atomic E-state index is 0.369. The average molecular weight is 228 g/mol. The topological polar surface area (TPSA) is 29.3 Å². The highest BCUT2D eigenvalue weighted by atomic mass is 32.1. The second-order valence-electron chi connectivity index (χ2n) is 4.80. The zero-order valence-electron chi connectivity index (χ0n) is 10.0. The zero-order chi connectivity index (χ0) is 11.3. The van der Waals surface area contributed by atoms with E-state index in [0.717, 1.165) is 18.9 Å². The smallest absolute Gasteiger partial charge is 0.0902 e. The Balaban J connectivity index is 2.45. The third-order valence-electron chi connectivity index (χ3n) is 3.27. The van der Waals surface area contributed by atoms with Gasteiger partial charge in [-0.2, -0.15) is 0 Å². The van der Waals surface area contributed by atoms with Gasteiger partial charge in [0.2, 0.25) is 0 Å². The van der Waals surface area contributed by atoms with E-state index < -0.39 is 0 Å². The molecule has 3 heteroatoms. The van der Waals surface area contributed by atoms with Gasteiger partial charge in [0.15, 0.2) is 0 Å². The van der Waals surface area contributed by atoms with E-state index in [4.69, 9.17) is 18.0 Å². The number of thiocarbonyl (C=S) groups is 1. The van der Waals surface area contributed by atoms with E-state index in [1.165, 1.54) is 32.2 Å². The van der Waals surface area contributed by atoms with Crippen LogP contribution >= 0.6 is 12.2 Å². The zero-order valence-corrected chi connectivity index (χ0v) is 10.9. The molecule has 0 aliphatic carbocycles. The lowest BCUT2D eigenvalue weighted by atomic mass is 9.98. The molecule has 0 radical (unpaired) electrons. The molecule has 0 amide bonds. The normalized spacial score (nSPS) is 25.1. The second kappa shape index (κ2) is 6.44. The maximum atomic E-state index is 5.80. The quantitative estimate of drug-likeness (QED) is 0.733. The highest BCUT2D eigenvalue weighted by molar-refractivity contribution is 7.80. The highest BCUT2D eigenvalue weighted by Gasteiger charge is 2.25. The van der Waals surface area contributed by atoms with Crippen LogP contribution in [0.3, 0.4) is 0 Å². The Morgan fingerprint density at radius 3 is 2.87 bits per heavy atom. The first-order valence-corrected chi connectivity index (χ1v) is 6.59. The fraction of sp³-hybridized carbons (Fsp3) is 0.917. The van der Waals surface area contributed by atoms with Gasteiger partial charge in [0.25, 0.3) is 0 Å². The molecule has 0 aromatic heterocycles. The van der Waals surface area contributed by atoms with Gasteiger partial charge in [-0.05, 0) is 31.7 Å². The third-order valence-corrected chi connectivity index (χ3v) is 3.54. The van der Waals surface area contributed by atoms with E-state index >= 15 is 0 Å². The number of nitrogens with two attached hydrogens (primary N) is 1. The molecule has 0 aromatic rings. The summed E-state index contributed by atoms with van der Waals surface area (Å²) >= 11 is 5.15. The lowest BCUT2D eigenvalue weighted by Crippen LogP contribution is -2.48. The van der Waals surface area contributed by atoms with Gasteiger partial charge >= 0.3 is 0 Å². The van der Waals surface area contributed by atoms with Gasteiger partial charge in [-0.25, -0.2) is 0 Å². The first kappa shape index (κ1) is 12.9. The van der Waals surface area contributed by atoms with Crippen molar-refractivity contribution in [3.05, 3.63) is 0 Å². The Labute approximate surface area is 99.2 Å². The molecule has 1 rings (SSSR count). The van der Waals surface area contributed by atoms with Crippen molar-refractivity contribution in [2.75, 3.05) is 13.1 Å². The lowest BCUT2D eigenvalue weighted by molar-refractivity contribution is 0.165. The minimum absolute atomic E-state index is 0.369. The van der Waals surface area contributed by atoms with Crippen LogP contribution in [0, 0.1) is 5.92 Å². The highest BCUT2D eigenvalue weighted by Crippen LogP contribution is 2.19. The summed E-state index contributed by atoms with van der Waals surface area (Å²) in [5, 5.41) is 0. The van der Waals surface area contributed by atoms with Crippen LogP contribution < -0.4 is 5.73 Å². The van der Waals surface area contributed by atoms with E-state index in [1.54, 1.807) is 0 Å². The van der Waals surface area contributed by atoms with Crippen molar-refractivity contribution in [1.29, 1.82) is 0 Å². The van der Waals surface area contributed by atoms with E-state index in [0.29, 0.717) is 11.0 Å². The fourth-order valence-corrected chi connectivity index (χ4v) is 2.78. The summed E-state index contributed by atoms with van der Waals surface area (Å²) in [6, 6.07) is 0.369. The van der Waals surface area contributed by atoms with Crippen molar-refractivity contribution in [3.8, 4) is 0 Å². The van der Waals surface area contributed by atoms with E-state index in [-0.39, 0.29) is 0 Å². The van der Waals surface area contributed by atoms with Crippen LogP contribution in [0.2, 0.25) is 0 Å². The summed E-state index contributed by atoms with van der Waals surface area (Å²) in [7, 11) is 0. The monoisotopic (exact) mass is 228 g/mol. The van der Waals surface area contributed by atoms with Crippen molar-refractivity contribution in [1.82, 2.24) is 4.90 Å². The number of nitrogens with zero attached hydrogens (tertiary/aromatic N) is 1. The molecule has 1 aliphatic rings. The van der Waals surface area contributed by atoms with Crippen molar-refractivity contribution >= 4 is 17.2 Å². The van der Waals surface area contributed by atoms with Crippen LogP contribution in [-0.4, -0.2) is 29.0 Å². The molecule has 2 unspecified atom stereocenters. The molecule has 0 spiro atoms. The standard InChI is InChI=1S/C12H24N2S/c1-3-6-10(2)9-14-8-5-4-7-11(14)12(13)15/h10-11H,3-9H2,1-2H3,(H2,13,15). The van der Waals surface area contributed by atoms with Gasteiger partial charge in [0, 0.05) is 6.54 Å². The maximum absolute atomic E-state index is 5.80. The first-order valence-electron chi connectivity index (χ1n) is 6.18. The molecular formula is C12H24N2S. The van der Waals surface area contributed by atoms with Gasteiger partial charge in [-0.3, -0.25) is 4.90 Å². The van der Waals surface area contributed by atoms with Gasteiger partial charge in [-0.1, -0.05) is 38.9 Å². The third kappa shape index (κ3) is 4.07. The molecule has 2 atom stereocenters. The molecule has 15 heavy (non-hydrogen) atoms. The molecule has 1 saturated heterocycles. The van der Waals surface area contributed by atoms with Crippen LogP contribution in [0.25, 0.3) is 0 Å². The SMILES string of the molecule is CCCC(C)CN1CCCCC1C(N)=S. The summed E-state index contributed by atoms with van der Waals surface area (Å²) in [5.41, 5.74) is 5.80. The molecule has 1 aliphatic heterocycles. The summed E-state index contributed by atoms with van der Waals surface area (Å²) in [5.74, 6) is 0.768. The number of hydrogen-bond donors (Lipinski definition) is 1. The van der Waals surface area contributed by atoms with Gasteiger partial charge in [0.05, 0.1) is 11.0 Å². The van der Waals surface area contributed by atoms with Crippen molar-refractivity contribution < 1.29 is 0 Å². The number of rotatable bonds is 5. The Morgan fingerprint density at radius 2 is 2.27 bits per heavy atom. The summed E-state index contributed by atoms with van der Waals surface area (Å²) < 4.78 is 0. The predicted octanol–water partition coefficient (Wildman–Crippen LogP) is 2.56. The Hall–Kier alpha value is -0.150. The van der Waals surface area contributed by atoms with Crippen molar-refractivity contribution in [2.45, 2.75) is 52.0 Å². The number of piperidine rings is 1. The van der Waals surface area contributed by atoms with E-state index in [2.05, 4.69) is 18.7 Å². The number of likely N-dealkylation sites (tertiary alicyclic amines) is 1. The Morgan fingerprint density at radius 1 is 1.53 bits per heavy atom. The van der Waals surface area contributed by atoms with Crippen molar-refractivity contribution in [2.24, 2.45) is 11.7 Å². The van der Waals surface area contributed by atoms with Gasteiger partial charge in [-0.15, -0.1) is 0 Å². The molecule has 1 heterocycles. The minimum Gasteiger partial charge on any atom is -0.392 e. The van der Waals surface area contributed by atoms with Crippen LogP contribution in [0.5, 0.6) is 0 Å². The molecule has 0 aromatic carbocycles. The van der Waals surface area contributed by atoms with Crippen LogP contribution in [-0.2, 0) is 0 Å². The largest absolute Gasteiger partial charge is 0.392 e. The summed E-state index contributed by atoms with van der Waals surface area (Å²) in [6.07, 6.45) is 6.32. The Kier molecular flexibility index (Phi) is 5.54. The molecule has 2 N–H and O–H groups in total. The number of hydrogen-bond acceptors (Lipinski definition) is 2. The molecule has 0 saturated carbocycles. The van der Waals surface area contributed by atoms with Crippen LogP contribution in [0.4, 0.5) is 0 Å². The van der Waals surface area contributed by atoms with E-state index in [9.17, 15) is 0 Å².